The maximum absolute atomic E-state index is 12.7. The Bertz CT molecular complexity index is 999. The molecule has 208 valence electrons. The quantitative estimate of drug-likeness (QED) is 0.189. The second kappa shape index (κ2) is 15.1. The first-order chi connectivity index (χ1) is 18.3. The van der Waals surface area contributed by atoms with Crippen LogP contribution in [0.3, 0.4) is 0 Å². The molecule has 2 aromatic rings. The van der Waals surface area contributed by atoms with Crippen molar-refractivity contribution in [3.8, 4) is 11.5 Å². The zero-order valence-electron chi connectivity index (χ0n) is 23.9. The van der Waals surface area contributed by atoms with Crippen LogP contribution in [0.2, 0.25) is 0 Å². The van der Waals surface area contributed by atoms with Gasteiger partial charge in [-0.25, -0.2) is 0 Å². The summed E-state index contributed by atoms with van der Waals surface area (Å²) in [6.07, 6.45) is 3.63. The number of carbonyl (C=O) groups is 2. The van der Waals surface area contributed by atoms with Crippen LogP contribution in [-0.4, -0.2) is 58.3 Å². The zero-order chi connectivity index (χ0) is 27.7. The first-order valence-corrected chi connectivity index (χ1v) is 15.7. The highest BCUT2D eigenvalue weighted by atomic mass is 32.2. The van der Waals surface area contributed by atoms with Gasteiger partial charge in [0, 0.05) is 52.3 Å². The fourth-order valence-electron chi connectivity index (χ4n) is 5.12. The molecule has 1 aliphatic heterocycles. The van der Waals surface area contributed by atoms with Crippen LogP contribution >= 0.6 is 23.5 Å². The van der Waals surface area contributed by atoms with E-state index < -0.39 is 0 Å². The van der Waals surface area contributed by atoms with Crippen LogP contribution in [0.1, 0.15) is 78.4 Å². The molecule has 1 heterocycles. The molecule has 2 unspecified atom stereocenters. The molecule has 3 rings (SSSR count). The number of thioether (sulfide) groups is 2. The molecule has 38 heavy (non-hydrogen) atoms. The summed E-state index contributed by atoms with van der Waals surface area (Å²) < 4.78 is 6.16. The zero-order valence-corrected chi connectivity index (χ0v) is 25.6. The van der Waals surface area contributed by atoms with E-state index in [1.807, 2.05) is 24.3 Å². The van der Waals surface area contributed by atoms with Gasteiger partial charge in [-0.3, -0.25) is 9.59 Å². The van der Waals surface area contributed by atoms with Gasteiger partial charge >= 0.3 is 0 Å². The van der Waals surface area contributed by atoms with Gasteiger partial charge in [-0.1, -0.05) is 51.2 Å². The van der Waals surface area contributed by atoms with E-state index in [0.717, 1.165) is 77.9 Å². The van der Waals surface area contributed by atoms with E-state index in [-0.39, 0.29) is 10.2 Å². The van der Waals surface area contributed by atoms with Crippen molar-refractivity contribution in [3.63, 3.8) is 0 Å². The minimum absolute atomic E-state index is 0.202. The first kappa shape index (κ1) is 30.7. The van der Waals surface area contributed by atoms with Crippen molar-refractivity contribution in [2.24, 2.45) is 0 Å². The minimum Gasteiger partial charge on any atom is -0.457 e. The number of fused-ring (bicyclic) bond motifs is 2. The number of rotatable bonds is 14. The standard InChI is InChI=1S/C31H44N2O3S2/c1-7-32(8-2)22(5)11-17-30(34)37-26-13-15-28-24(20-26)19-25-21-27(14-16-29(25)36-28)38-31(35)18-12-23(6)33(9-3)10-4/h13-16,20-23H,7-12,17-19H2,1-6H3. The first-order valence-electron chi connectivity index (χ1n) is 14.1. The van der Waals surface area contributed by atoms with Gasteiger partial charge in [-0.05, 0) is 89.3 Å². The molecule has 2 aromatic carbocycles. The molecule has 0 aliphatic carbocycles. The molecule has 0 aromatic heterocycles. The maximum Gasteiger partial charge on any atom is 0.193 e. The number of ether oxygens (including phenoxy) is 1. The minimum atomic E-state index is 0.202. The Morgan fingerprint density at radius 3 is 1.50 bits per heavy atom. The van der Waals surface area contributed by atoms with Crippen molar-refractivity contribution >= 4 is 33.8 Å². The van der Waals surface area contributed by atoms with Crippen LogP contribution in [0, 0.1) is 0 Å². The smallest absolute Gasteiger partial charge is 0.193 e. The number of carbonyl (C=O) groups excluding carboxylic acids is 2. The number of hydrogen-bond donors (Lipinski definition) is 0. The normalized spacial score (nSPS) is 14.1. The summed E-state index contributed by atoms with van der Waals surface area (Å²) in [5, 5.41) is 0.405. The summed E-state index contributed by atoms with van der Waals surface area (Å²) in [6.45, 7) is 17.1. The molecule has 2 atom stereocenters. The van der Waals surface area contributed by atoms with Crippen molar-refractivity contribution in [2.45, 2.75) is 95.5 Å². The average Bonchev–Trinajstić information content (AvgIpc) is 2.91. The van der Waals surface area contributed by atoms with Crippen molar-refractivity contribution in [1.82, 2.24) is 9.80 Å². The fourth-order valence-corrected chi connectivity index (χ4v) is 6.76. The van der Waals surface area contributed by atoms with Crippen LogP contribution in [0.25, 0.3) is 0 Å². The molecule has 0 fully saturated rings. The lowest BCUT2D eigenvalue weighted by molar-refractivity contribution is -0.112. The molecule has 7 heteroatoms. The van der Waals surface area contributed by atoms with Crippen LogP contribution in [-0.2, 0) is 16.0 Å². The van der Waals surface area contributed by atoms with Gasteiger partial charge in [0.15, 0.2) is 10.2 Å². The van der Waals surface area contributed by atoms with Gasteiger partial charge in [0.2, 0.25) is 0 Å². The van der Waals surface area contributed by atoms with E-state index in [0.29, 0.717) is 24.9 Å². The molecular weight excluding hydrogens is 512 g/mol. The van der Waals surface area contributed by atoms with Gasteiger partial charge in [0.05, 0.1) is 0 Å². The van der Waals surface area contributed by atoms with E-state index in [9.17, 15) is 9.59 Å². The van der Waals surface area contributed by atoms with Crippen LogP contribution in [0.15, 0.2) is 46.2 Å². The molecule has 0 bridgehead atoms. The monoisotopic (exact) mass is 556 g/mol. The SMILES string of the molecule is CCN(CC)C(C)CCC(=O)Sc1ccc2c(c1)Cc1cc(SC(=O)CCC(C)N(CC)CC)ccc1O2. The molecule has 0 spiro atoms. The molecule has 0 amide bonds. The fraction of sp³-hybridized carbons (Fsp3) is 0.548. The molecule has 0 radical (unpaired) electrons. The summed E-state index contributed by atoms with van der Waals surface area (Å²) in [5.41, 5.74) is 2.15. The second-order valence-corrected chi connectivity index (χ2v) is 12.2. The highest BCUT2D eigenvalue weighted by molar-refractivity contribution is 8.13. The van der Waals surface area contributed by atoms with Gasteiger partial charge in [-0.2, -0.15) is 0 Å². The van der Waals surface area contributed by atoms with E-state index in [2.05, 4.69) is 63.5 Å². The Hall–Kier alpha value is -1.80. The van der Waals surface area contributed by atoms with Gasteiger partial charge in [-0.15, -0.1) is 0 Å². The number of benzene rings is 2. The van der Waals surface area contributed by atoms with E-state index in [1.54, 1.807) is 0 Å². The summed E-state index contributed by atoms with van der Waals surface area (Å²) in [4.78, 5) is 32.0. The summed E-state index contributed by atoms with van der Waals surface area (Å²) >= 11 is 2.65. The lowest BCUT2D eigenvalue weighted by atomic mass is 10.0. The Labute approximate surface area is 238 Å². The van der Waals surface area contributed by atoms with Gasteiger partial charge in [0.25, 0.3) is 0 Å². The van der Waals surface area contributed by atoms with Crippen LogP contribution in [0.4, 0.5) is 0 Å². The Kier molecular flexibility index (Phi) is 12.2. The van der Waals surface area contributed by atoms with Gasteiger partial charge in [0.1, 0.15) is 11.5 Å². The van der Waals surface area contributed by atoms with E-state index in [1.165, 1.54) is 23.5 Å². The molecule has 1 aliphatic rings. The van der Waals surface area contributed by atoms with E-state index >= 15 is 0 Å². The Balaban J connectivity index is 1.57. The van der Waals surface area contributed by atoms with Crippen molar-refractivity contribution in [1.29, 1.82) is 0 Å². The highest BCUT2D eigenvalue weighted by Crippen LogP contribution is 2.40. The average molecular weight is 557 g/mol. The summed E-state index contributed by atoms with van der Waals surface area (Å²) in [6, 6.07) is 12.9. The maximum atomic E-state index is 12.7. The number of hydrogen-bond acceptors (Lipinski definition) is 7. The second-order valence-electron chi connectivity index (χ2n) is 9.98. The summed E-state index contributed by atoms with van der Waals surface area (Å²) in [5.74, 6) is 1.68. The van der Waals surface area contributed by atoms with Crippen molar-refractivity contribution < 1.29 is 14.3 Å². The predicted molar refractivity (Wildman–Crippen MR) is 161 cm³/mol. The van der Waals surface area contributed by atoms with Crippen molar-refractivity contribution in [2.75, 3.05) is 26.2 Å². The van der Waals surface area contributed by atoms with Crippen LogP contribution < -0.4 is 4.74 Å². The predicted octanol–water partition coefficient (Wildman–Crippen LogP) is 7.64. The molecule has 0 N–H and O–H groups in total. The lowest BCUT2D eigenvalue weighted by Crippen LogP contribution is -2.32. The topological polar surface area (TPSA) is 49.9 Å². The van der Waals surface area contributed by atoms with Gasteiger partial charge < -0.3 is 14.5 Å². The molecule has 5 nitrogen and oxygen atoms in total. The van der Waals surface area contributed by atoms with E-state index in [4.69, 9.17) is 4.74 Å². The third kappa shape index (κ3) is 8.60. The number of nitrogens with zero attached hydrogens (tertiary/aromatic N) is 2. The largest absolute Gasteiger partial charge is 0.457 e. The Morgan fingerprint density at radius 1 is 0.737 bits per heavy atom. The highest BCUT2D eigenvalue weighted by Gasteiger charge is 2.20. The third-order valence-electron chi connectivity index (χ3n) is 7.53. The lowest BCUT2D eigenvalue weighted by Gasteiger charge is -2.26. The molecule has 0 saturated heterocycles. The Morgan fingerprint density at radius 2 is 1.13 bits per heavy atom. The third-order valence-corrected chi connectivity index (χ3v) is 9.37. The summed E-state index contributed by atoms with van der Waals surface area (Å²) in [7, 11) is 0. The molecule has 0 saturated carbocycles. The molecular formula is C31H44N2O3S2. The van der Waals surface area contributed by atoms with Crippen molar-refractivity contribution in [3.05, 3.63) is 47.5 Å². The van der Waals surface area contributed by atoms with Crippen LogP contribution in [0.5, 0.6) is 11.5 Å².